The minimum atomic E-state index is -0.829. The van der Waals surface area contributed by atoms with E-state index in [-0.39, 0.29) is 19.0 Å². The Balaban J connectivity index is 1.35. The molecule has 1 spiro atoms. The molecule has 1 saturated heterocycles. The maximum Gasteiger partial charge on any atom is 0.325 e. The highest BCUT2D eigenvalue weighted by atomic mass is 35.5. The van der Waals surface area contributed by atoms with Crippen LogP contribution in [-0.4, -0.2) is 44.2 Å². The molecule has 29 heavy (non-hydrogen) atoms. The van der Waals surface area contributed by atoms with Crippen LogP contribution >= 0.6 is 11.6 Å². The van der Waals surface area contributed by atoms with Gasteiger partial charge >= 0.3 is 6.03 Å². The van der Waals surface area contributed by atoms with E-state index in [9.17, 15) is 14.4 Å². The van der Waals surface area contributed by atoms with Gasteiger partial charge in [-0.25, -0.2) is 9.78 Å². The Morgan fingerprint density at radius 1 is 1.31 bits per heavy atom. The number of fused-ring (bicyclic) bond motifs is 1. The maximum atomic E-state index is 12.9. The zero-order valence-electron chi connectivity index (χ0n) is 16.3. The lowest BCUT2D eigenvalue weighted by molar-refractivity contribution is -0.136. The summed E-state index contributed by atoms with van der Waals surface area (Å²) < 4.78 is 1.78. The Hall–Kier alpha value is -2.61. The molecule has 8 nitrogen and oxygen atoms in total. The molecule has 0 atom stereocenters. The first-order valence-electron chi connectivity index (χ1n) is 9.94. The largest absolute Gasteiger partial charge is 0.349 e. The van der Waals surface area contributed by atoms with Crippen LogP contribution in [0, 0.1) is 5.92 Å². The lowest BCUT2D eigenvalue weighted by atomic mass is 9.75. The van der Waals surface area contributed by atoms with Crippen LogP contribution in [-0.2, 0) is 16.1 Å². The number of rotatable bonds is 5. The van der Waals surface area contributed by atoms with Gasteiger partial charge < -0.3 is 15.0 Å². The van der Waals surface area contributed by atoms with Gasteiger partial charge in [-0.05, 0) is 43.7 Å². The number of pyridine rings is 1. The highest BCUT2D eigenvalue weighted by molar-refractivity contribution is 6.30. The summed E-state index contributed by atoms with van der Waals surface area (Å²) in [5, 5.41) is 6.16. The molecule has 2 aromatic rings. The molecule has 1 saturated carbocycles. The first kappa shape index (κ1) is 19.7. The molecule has 4 rings (SSSR count). The molecule has 3 heterocycles. The summed E-state index contributed by atoms with van der Waals surface area (Å²) in [6, 6.07) is 3.05. The number of aromatic nitrogens is 2. The van der Waals surface area contributed by atoms with Crippen molar-refractivity contribution in [3.63, 3.8) is 0 Å². The average molecular weight is 418 g/mol. The summed E-state index contributed by atoms with van der Waals surface area (Å²) in [5.41, 5.74) is 0.550. The predicted molar refractivity (Wildman–Crippen MR) is 107 cm³/mol. The van der Waals surface area contributed by atoms with E-state index >= 15 is 0 Å². The number of nitrogens with zero attached hydrogens (tertiary/aromatic N) is 3. The fourth-order valence-electron chi connectivity index (χ4n) is 4.23. The van der Waals surface area contributed by atoms with Gasteiger partial charge in [0.15, 0.2) is 0 Å². The second kappa shape index (κ2) is 7.67. The molecule has 0 unspecified atom stereocenters. The molecule has 2 aliphatic rings. The second-order valence-electron chi connectivity index (χ2n) is 7.88. The Kier molecular flexibility index (Phi) is 5.21. The molecule has 154 valence electrons. The van der Waals surface area contributed by atoms with E-state index in [0.717, 1.165) is 29.8 Å². The SMILES string of the molecule is CCC1CCC2(CC1)NC(=O)N(CC(=O)NCc1cn3cc(Cl)ccc3n1)C2=O. The summed E-state index contributed by atoms with van der Waals surface area (Å²) in [6.45, 7) is 2.06. The van der Waals surface area contributed by atoms with E-state index in [4.69, 9.17) is 11.6 Å². The number of amides is 4. The smallest absolute Gasteiger partial charge is 0.325 e. The molecule has 9 heteroatoms. The molecule has 0 bridgehead atoms. The molecule has 0 aromatic carbocycles. The first-order chi connectivity index (χ1) is 13.9. The molecule has 2 aromatic heterocycles. The Morgan fingerprint density at radius 2 is 2.07 bits per heavy atom. The van der Waals surface area contributed by atoms with E-state index in [0.29, 0.717) is 29.5 Å². The van der Waals surface area contributed by atoms with Gasteiger partial charge in [-0.2, -0.15) is 0 Å². The summed E-state index contributed by atoms with van der Waals surface area (Å²) >= 11 is 5.96. The van der Waals surface area contributed by atoms with Gasteiger partial charge in [-0.3, -0.25) is 14.5 Å². The van der Waals surface area contributed by atoms with Crippen molar-refractivity contribution in [3.8, 4) is 0 Å². The number of carbonyl (C=O) groups excluding carboxylic acids is 3. The maximum absolute atomic E-state index is 12.9. The van der Waals surface area contributed by atoms with Crippen LogP contribution in [0.25, 0.3) is 5.65 Å². The zero-order valence-corrected chi connectivity index (χ0v) is 17.0. The number of hydrogen-bond donors (Lipinski definition) is 2. The number of imidazole rings is 1. The Labute approximate surface area is 173 Å². The summed E-state index contributed by atoms with van der Waals surface area (Å²) in [5.74, 6) is -0.0829. The van der Waals surface area contributed by atoms with Crippen LogP contribution in [0.3, 0.4) is 0 Å². The van der Waals surface area contributed by atoms with E-state index in [1.54, 1.807) is 28.9 Å². The third-order valence-electron chi connectivity index (χ3n) is 6.02. The average Bonchev–Trinajstić information content (AvgIpc) is 3.21. The standard InChI is InChI=1S/C20H24ClN5O3/c1-2-13-5-7-20(8-6-13)18(28)26(19(29)24-20)12-17(27)22-9-15-11-25-10-14(21)3-4-16(25)23-15/h3-4,10-11,13H,2,5-9,12H2,1H3,(H,22,27)(H,24,29). The number of hydrogen-bond acceptors (Lipinski definition) is 4. The number of imide groups is 1. The fraction of sp³-hybridized carbons (Fsp3) is 0.500. The molecular formula is C20H24ClN5O3. The van der Waals surface area contributed by atoms with E-state index in [1.807, 2.05) is 0 Å². The normalized spacial score (nSPS) is 24.3. The third kappa shape index (κ3) is 3.81. The third-order valence-corrected chi connectivity index (χ3v) is 6.24. The summed E-state index contributed by atoms with van der Waals surface area (Å²) in [6.07, 6.45) is 7.70. The fourth-order valence-corrected chi connectivity index (χ4v) is 4.40. The van der Waals surface area contributed by atoms with Crippen LogP contribution in [0.1, 0.15) is 44.7 Å². The topological polar surface area (TPSA) is 95.8 Å². The van der Waals surface area contributed by atoms with Crippen LogP contribution in [0.5, 0.6) is 0 Å². The van der Waals surface area contributed by atoms with Gasteiger partial charge in [-0.15, -0.1) is 0 Å². The highest BCUT2D eigenvalue weighted by Crippen LogP contribution is 2.37. The number of halogens is 1. The first-order valence-corrected chi connectivity index (χ1v) is 10.3. The van der Waals surface area contributed by atoms with Crippen molar-refractivity contribution < 1.29 is 14.4 Å². The van der Waals surface area contributed by atoms with Gasteiger partial charge in [0.05, 0.1) is 17.3 Å². The molecule has 0 radical (unpaired) electrons. The van der Waals surface area contributed by atoms with Crippen molar-refractivity contribution in [1.82, 2.24) is 24.9 Å². The lowest BCUT2D eigenvalue weighted by Crippen LogP contribution is -2.50. The van der Waals surface area contributed by atoms with E-state index < -0.39 is 17.5 Å². The molecular weight excluding hydrogens is 394 g/mol. The van der Waals surface area contributed by atoms with Crippen LogP contribution in [0.2, 0.25) is 5.02 Å². The minimum Gasteiger partial charge on any atom is -0.349 e. The van der Waals surface area contributed by atoms with Crippen LogP contribution < -0.4 is 10.6 Å². The molecule has 1 aliphatic heterocycles. The Bertz CT molecular complexity index is 964. The number of nitrogens with one attached hydrogen (secondary N) is 2. The molecule has 2 N–H and O–H groups in total. The number of urea groups is 1. The van der Waals surface area contributed by atoms with Gasteiger partial charge in [0.25, 0.3) is 5.91 Å². The molecule has 2 fully saturated rings. The van der Waals surface area contributed by atoms with Crippen molar-refractivity contribution in [3.05, 3.63) is 35.2 Å². The monoisotopic (exact) mass is 417 g/mol. The number of carbonyl (C=O) groups is 3. The van der Waals surface area contributed by atoms with Crippen molar-refractivity contribution >= 4 is 35.1 Å². The minimum absolute atomic E-state index is 0.200. The summed E-state index contributed by atoms with van der Waals surface area (Å²) in [4.78, 5) is 43.0. The van der Waals surface area contributed by atoms with Crippen molar-refractivity contribution in [1.29, 1.82) is 0 Å². The van der Waals surface area contributed by atoms with Crippen molar-refractivity contribution in [2.75, 3.05) is 6.54 Å². The van der Waals surface area contributed by atoms with Gasteiger partial charge in [0.2, 0.25) is 5.91 Å². The zero-order chi connectivity index (χ0) is 20.6. The quantitative estimate of drug-likeness (QED) is 0.730. The van der Waals surface area contributed by atoms with Crippen LogP contribution in [0.4, 0.5) is 4.79 Å². The molecule has 1 aliphatic carbocycles. The molecule has 4 amide bonds. The van der Waals surface area contributed by atoms with E-state index in [1.165, 1.54) is 0 Å². The van der Waals surface area contributed by atoms with Gasteiger partial charge in [0.1, 0.15) is 17.7 Å². The van der Waals surface area contributed by atoms with Gasteiger partial charge in [-0.1, -0.05) is 24.9 Å². The van der Waals surface area contributed by atoms with Gasteiger partial charge in [0, 0.05) is 12.4 Å². The van der Waals surface area contributed by atoms with E-state index in [2.05, 4.69) is 22.5 Å². The predicted octanol–water partition coefficient (Wildman–Crippen LogP) is 2.49. The van der Waals surface area contributed by atoms with Crippen molar-refractivity contribution in [2.45, 2.75) is 51.1 Å². The highest BCUT2D eigenvalue weighted by Gasteiger charge is 2.52. The lowest BCUT2D eigenvalue weighted by Gasteiger charge is -2.34. The summed E-state index contributed by atoms with van der Waals surface area (Å²) in [7, 11) is 0. The van der Waals surface area contributed by atoms with Crippen molar-refractivity contribution in [2.24, 2.45) is 5.92 Å². The van der Waals surface area contributed by atoms with Crippen LogP contribution in [0.15, 0.2) is 24.5 Å². The Morgan fingerprint density at radius 3 is 2.79 bits per heavy atom. The second-order valence-corrected chi connectivity index (χ2v) is 8.31.